The van der Waals surface area contributed by atoms with E-state index in [-0.39, 0.29) is 11.9 Å². The maximum Gasteiger partial charge on any atom is 0.220 e. The highest BCUT2D eigenvalue weighted by molar-refractivity contribution is 5.76. The van der Waals surface area contributed by atoms with Gasteiger partial charge < -0.3 is 14.8 Å². The summed E-state index contributed by atoms with van der Waals surface area (Å²) in [6, 6.07) is 13.9. The standard InChI is InChI=1S/C21H27NO3/c1-5-19(17-8-10-18(24-3)11-9-17)22-21(23)13-7-16-6-12-20(25-4)15(2)14-16/h6,8-12,14,19H,5,7,13H2,1-4H3,(H,22,23)/t19-/m1/s1. The van der Waals surface area contributed by atoms with Crippen LogP contribution in [0.15, 0.2) is 42.5 Å². The van der Waals surface area contributed by atoms with E-state index in [1.807, 2.05) is 43.3 Å². The molecule has 0 aliphatic rings. The van der Waals surface area contributed by atoms with E-state index >= 15 is 0 Å². The Morgan fingerprint density at radius 1 is 1.08 bits per heavy atom. The molecule has 0 unspecified atom stereocenters. The van der Waals surface area contributed by atoms with Gasteiger partial charge in [-0.1, -0.05) is 31.2 Å². The van der Waals surface area contributed by atoms with Crippen LogP contribution in [0.3, 0.4) is 0 Å². The van der Waals surface area contributed by atoms with Crippen molar-refractivity contribution in [1.29, 1.82) is 0 Å². The Labute approximate surface area is 150 Å². The van der Waals surface area contributed by atoms with Crippen LogP contribution < -0.4 is 14.8 Å². The van der Waals surface area contributed by atoms with Crippen molar-refractivity contribution >= 4 is 5.91 Å². The van der Waals surface area contributed by atoms with Crippen LogP contribution >= 0.6 is 0 Å². The molecule has 4 nitrogen and oxygen atoms in total. The largest absolute Gasteiger partial charge is 0.497 e. The Hall–Kier alpha value is -2.49. The van der Waals surface area contributed by atoms with Gasteiger partial charge in [-0.2, -0.15) is 0 Å². The molecule has 0 bridgehead atoms. The molecule has 1 N–H and O–H groups in total. The predicted octanol–water partition coefficient (Wildman–Crippen LogP) is 4.21. The third-order valence-electron chi connectivity index (χ3n) is 4.36. The van der Waals surface area contributed by atoms with E-state index in [1.165, 1.54) is 0 Å². The number of ether oxygens (including phenoxy) is 2. The topological polar surface area (TPSA) is 47.6 Å². The molecular formula is C21H27NO3. The van der Waals surface area contributed by atoms with E-state index in [0.29, 0.717) is 6.42 Å². The number of carbonyl (C=O) groups excluding carboxylic acids is 1. The van der Waals surface area contributed by atoms with Crippen molar-refractivity contribution in [2.75, 3.05) is 14.2 Å². The number of hydrogen-bond acceptors (Lipinski definition) is 3. The molecule has 0 spiro atoms. The summed E-state index contributed by atoms with van der Waals surface area (Å²) in [4.78, 5) is 12.3. The first-order valence-corrected chi connectivity index (χ1v) is 8.64. The van der Waals surface area contributed by atoms with Crippen molar-refractivity contribution in [3.63, 3.8) is 0 Å². The van der Waals surface area contributed by atoms with E-state index in [1.54, 1.807) is 14.2 Å². The van der Waals surface area contributed by atoms with E-state index in [2.05, 4.69) is 18.3 Å². The molecule has 0 heterocycles. The highest BCUT2D eigenvalue weighted by atomic mass is 16.5. The van der Waals surface area contributed by atoms with Gasteiger partial charge in [-0.25, -0.2) is 0 Å². The van der Waals surface area contributed by atoms with Gasteiger partial charge in [-0.05, 0) is 54.7 Å². The molecule has 2 aromatic carbocycles. The van der Waals surface area contributed by atoms with Gasteiger partial charge in [0.2, 0.25) is 5.91 Å². The number of hydrogen-bond donors (Lipinski definition) is 1. The first-order valence-electron chi connectivity index (χ1n) is 8.64. The van der Waals surface area contributed by atoms with Crippen LogP contribution in [0.1, 0.15) is 42.5 Å². The molecule has 0 fully saturated rings. The van der Waals surface area contributed by atoms with Crippen molar-refractivity contribution < 1.29 is 14.3 Å². The molecule has 25 heavy (non-hydrogen) atoms. The minimum atomic E-state index is 0.0241. The van der Waals surface area contributed by atoms with Gasteiger partial charge in [0.1, 0.15) is 11.5 Å². The van der Waals surface area contributed by atoms with E-state index in [9.17, 15) is 4.79 Å². The van der Waals surface area contributed by atoms with Crippen LogP contribution in [-0.2, 0) is 11.2 Å². The zero-order chi connectivity index (χ0) is 18.2. The van der Waals surface area contributed by atoms with Crippen molar-refractivity contribution in [3.8, 4) is 11.5 Å². The Morgan fingerprint density at radius 2 is 1.80 bits per heavy atom. The first kappa shape index (κ1) is 18.8. The Morgan fingerprint density at radius 3 is 2.36 bits per heavy atom. The second-order valence-electron chi connectivity index (χ2n) is 6.11. The van der Waals surface area contributed by atoms with Crippen molar-refractivity contribution in [2.45, 2.75) is 39.2 Å². The predicted molar refractivity (Wildman–Crippen MR) is 100 cm³/mol. The third kappa shape index (κ3) is 5.24. The summed E-state index contributed by atoms with van der Waals surface area (Å²) in [6.45, 7) is 4.08. The summed E-state index contributed by atoms with van der Waals surface area (Å²) in [5.74, 6) is 1.76. The lowest BCUT2D eigenvalue weighted by Crippen LogP contribution is -2.28. The quantitative estimate of drug-likeness (QED) is 0.782. The monoisotopic (exact) mass is 341 g/mol. The van der Waals surface area contributed by atoms with Gasteiger partial charge in [-0.15, -0.1) is 0 Å². The number of benzene rings is 2. The van der Waals surface area contributed by atoms with Crippen LogP contribution in [0.25, 0.3) is 0 Å². The fraction of sp³-hybridized carbons (Fsp3) is 0.381. The van der Waals surface area contributed by atoms with Gasteiger partial charge >= 0.3 is 0 Å². The molecule has 0 aliphatic heterocycles. The lowest BCUT2D eigenvalue weighted by molar-refractivity contribution is -0.121. The molecule has 1 atom stereocenters. The fourth-order valence-corrected chi connectivity index (χ4v) is 2.88. The molecule has 4 heteroatoms. The van der Waals surface area contributed by atoms with E-state index in [4.69, 9.17) is 9.47 Å². The van der Waals surface area contributed by atoms with Gasteiger partial charge in [-0.3, -0.25) is 4.79 Å². The number of nitrogens with one attached hydrogen (secondary N) is 1. The molecular weight excluding hydrogens is 314 g/mol. The summed E-state index contributed by atoms with van der Waals surface area (Å²) in [5, 5.41) is 3.12. The second kappa shape index (κ2) is 9.11. The zero-order valence-corrected chi connectivity index (χ0v) is 15.5. The van der Waals surface area contributed by atoms with Crippen LogP contribution in [0, 0.1) is 6.92 Å². The number of carbonyl (C=O) groups is 1. The van der Waals surface area contributed by atoms with Crippen LogP contribution in [0.4, 0.5) is 0 Å². The average molecular weight is 341 g/mol. The highest BCUT2D eigenvalue weighted by Crippen LogP contribution is 2.21. The second-order valence-corrected chi connectivity index (χ2v) is 6.11. The van der Waals surface area contributed by atoms with Crippen LogP contribution in [0.2, 0.25) is 0 Å². The average Bonchev–Trinajstić information content (AvgIpc) is 2.64. The molecule has 134 valence electrons. The molecule has 0 saturated heterocycles. The highest BCUT2D eigenvalue weighted by Gasteiger charge is 2.13. The summed E-state index contributed by atoms with van der Waals surface area (Å²) in [5.41, 5.74) is 3.33. The van der Waals surface area contributed by atoms with E-state index < -0.39 is 0 Å². The molecule has 0 saturated carbocycles. The molecule has 0 aliphatic carbocycles. The zero-order valence-electron chi connectivity index (χ0n) is 15.5. The number of amides is 1. The maximum absolute atomic E-state index is 12.3. The van der Waals surface area contributed by atoms with Crippen LogP contribution in [0.5, 0.6) is 11.5 Å². The lowest BCUT2D eigenvalue weighted by Gasteiger charge is -2.18. The lowest BCUT2D eigenvalue weighted by atomic mass is 10.0. The van der Waals surface area contributed by atoms with E-state index in [0.717, 1.165) is 41.0 Å². The summed E-state index contributed by atoms with van der Waals surface area (Å²) < 4.78 is 10.5. The summed E-state index contributed by atoms with van der Waals surface area (Å²) in [7, 11) is 3.31. The molecule has 2 rings (SSSR count). The normalized spacial score (nSPS) is 11.7. The molecule has 0 aromatic heterocycles. The minimum absolute atomic E-state index is 0.0241. The first-order chi connectivity index (χ1) is 12.1. The molecule has 0 radical (unpaired) electrons. The number of aryl methyl sites for hydroxylation is 2. The minimum Gasteiger partial charge on any atom is -0.497 e. The Bertz CT molecular complexity index is 695. The summed E-state index contributed by atoms with van der Waals surface area (Å²) in [6.07, 6.45) is 2.04. The Balaban J connectivity index is 1.92. The third-order valence-corrected chi connectivity index (χ3v) is 4.36. The maximum atomic E-state index is 12.3. The summed E-state index contributed by atoms with van der Waals surface area (Å²) >= 11 is 0. The van der Waals surface area contributed by atoms with Gasteiger partial charge in [0, 0.05) is 6.42 Å². The van der Waals surface area contributed by atoms with Gasteiger partial charge in [0.15, 0.2) is 0 Å². The van der Waals surface area contributed by atoms with Crippen molar-refractivity contribution in [3.05, 3.63) is 59.2 Å². The number of rotatable bonds is 8. The Kier molecular flexibility index (Phi) is 6.87. The molecule has 2 aromatic rings. The van der Waals surface area contributed by atoms with Crippen molar-refractivity contribution in [1.82, 2.24) is 5.32 Å². The smallest absolute Gasteiger partial charge is 0.220 e. The van der Waals surface area contributed by atoms with Gasteiger partial charge in [0.05, 0.1) is 20.3 Å². The number of methoxy groups -OCH3 is 2. The SMILES string of the molecule is CC[C@@H](NC(=O)CCc1ccc(OC)c(C)c1)c1ccc(OC)cc1. The fourth-order valence-electron chi connectivity index (χ4n) is 2.88. The van der Waals surface area contributed by atoms with Crippen molar-refractivity contribution in [2.24, 2.45) is 0 Å². The molecule has 1 amide bonds. The van der Waals surface area contributed by atoms with Gasteiger partial charge in [0.25, 0.3) is 0 Å². The van der Waals surface area contributed by atoms with Crippen LogP contribution in [-0.4, -0.2) is 20.1 Å².